The number of phenols is 1. The van der Waals surface area contributed by atoms with Crippen molar-refractivity contribution in [3.8, 4) is 5.75 Å². The smallest absolute Gasteiger partial charge is 0.255 e. The first-order chi connectivity index (χ1) is 7.95. The highest BCUT2D eigenvalue weighted by Gasteiger charge is 2.17. The lowest BCUT2D eigenvalue weighted by Gasteiger charge is -2.19. The summed E-state index contributed by atoms with van der Waals surface area (Å²) in [5.41, 5.74) is 0.173. The topological polar surface area (TPSA) is 69.6 Å². The standard InChI is InChI=1S/C12H16ClNO3/c1-7(6-15)8(2)14-12(17)10-4-3-9(13)5-11(10)16/h3-5,7-8,15-16H,6H2,1-2H3,(H,14,17)/t7-,8-/m0/s1. The van der Waals surface area contributed by atoms with Crippen LogP contribution in [0.25, 0.3) is 0 Å². The summed E-state index contributed by atoms with van der Waals surface area (Å²) in [6.45, 7) is 3.62. The molecule has 0 saturated heterocycles. The second-order valence-electron chi connectivity index (χ2n) is 4.08. The number of rotatable bonds is 4. The average molecular weight is 258 g/mol. The molecule has 0 aliphatic heterocycles. The van der Waals surface area contributed by atoms with Gasteiger partial charge in [0.1, 0.15) is 5.75 Å². The predicted octanol–water partition coefficient (Wildman–Crippen LogP) is 1.79. The Morgan fingerprint density at radius 1 is 1.47 bits per heavy atom. The molecular formula is C12H16ClNO3. The zero-order chi connectivity index (χ0) is 13.0. The largest absolute Gasteiger partial charge is 0.507 e. The van der Waals surface area contributed by atoms with Crippen molar-refractivity contribution in [2.24, 2.45) is 5.92 Å². The number of aliphatic hydroxyl groups excluding tert-OH is 1. The lowest BCUT2D eigenvalue weighted by atomic mass is 10.0. The Hall–Kier alpha value is -1.26. The molecule has 0 radical (unpaired) electrons. The van der Waals surface area contributed by atoms with Crippen LogP contribution in [0.4, 0.5) is 0 Å². The molecule has 0 heterocycles. The Morgan fingerprint density at radius 3 is 2.65 bits per heavy atom. The summed E-state index contributed by atoms with van der Waals surface area (Å²) in [6, 6.07) is 4.14. The molecule has 0 aromatic heterocycles. The van der Waals surface area contributed by atoms with E-state index in [4.69, 9.17) is 16.7 Å². The van der Waals surface area contributed by atoms with Gasteiger partial charge in [-0.1, -0.05) is 18.5 Å². The second kappa shape index (κ2) is 5.89. The third-order valence-corrected chi connectivity index (χ3v) is 2.94. The van der Waals surface area contributed by atoms with Crippen LogP contribution in [0.1, 0.15) is 24.2 Å². The summed E-state index contributed by atoms with van der Waals surface area (Å²) in [5.74, 6) is -0.584. The van der Waals surface area contributed by atoms with Crippen LogP contribution in [0, 0.1) is 5.92 Å². The van der Waals surface area contributed by atoms with Gasteiger partial charge in [0.2, 0.25) is 0 Å². The minimum absolute atomic E-state index is 0.00591. The molecule has 0 fully saturated rings. The molecule has 0 unspecified atom stereocenters. The van der Waals surface area contributed by atoms with E-state index in [1.54, 1.807) is 6.92 Å². The minimum atomic E-state index is -0.382. The van der Waals surface area contributed by atoms with Crippen molar-refractivity contribution >= 4 is 17.5 Å². The first kappa shape index (κ1) is 13.8. The molecule has 1 amide bonds. The maximum Gasteiger partial charge on any atom is 0.255 e. The molecule has 0 saturated carbocycles. The van der Waals surface area contributed by atoms with Crippen molar-refractivity contribution in [3.63, 3.8) is 0 Å². The van der Waals surface area contributed by atoms with E-state index in [2.05, 4.69) is 5.32 Å². The van der Waals surface area contributed by atoms with Gasteiger partial charge >= 0.3 is 0 Å². The van der Waals surface area contributed by atoms with E-state index < -0.39 is 0 Å². The number of aromatic hydroxyl groups is 1. The number of halogens is 1. The van der Waals surface area contributed by atoms with Gasteiger partial charge < -0.3 is 15.5 Å². The van der Waals surface area contributed by atoms with E-state index in [0.717, 1.165) is 0 Å². The van der Waals surface area contributed by atoms with Gasteiger partial charge in [-0.25, -0.2) is 0 Å². The Morgan fingerprint density at radius 2 is 2.12 bits per heavy atom. The van der Waals surface area contributed by atoms with Gasteiger partial charge in [-0.05, 0) is 31.0 Å². The van der Waals surface area contributed by atoms with E-state index >= 15 is 0 Å². The van der Waals surface area contributed by atoms with Gasteiger partial charge in [0, 0.05) is 17.7 Å². The predicted molar refractivity (Wildman–Crippen MR) is 66.3 cm³/mol. The Bertz CT molecular complexity index is 409. The van der Waals surface area contributed by atoms with Crippen LogP contribution in [0.2, 0.25) is 5.02 Å². The van der Waals surface area contributed by atoms with Crippen molar-refractivity contribution in [1.29, 1.82) is 0 Å². The van der Waals surface area contributed by atoms with Crippen LogP contribution < -0.4 is 5.32 Å². The molecule has 0 bridgehead atoms. The van der Waals surface area contributed by atoms with Gasteiger partial charge in [0.15, 0.2) is 0 Å². The highest BCUT2D eigenvalue weighted by molar-refractivity contribution is 6.30. The molecule has 94 valence electrons. The maximum atomic E-state index is 11.8. The number of nitrogens with one attached hydrogen (secondary N) is 1. The molecule has 0 spiro atoms. The molecular weight excluding hydrogens is 242 g/mol. The molecule has 4 nitrogen and oxygen atoms in total. The number of phenolic OH excluding ortho intramolecular Hbond substituents is 1. The van der Waals surface area contributed by atoms with Crippen molar-refractivity contribution in [3.05, 3.63) is 28.8 Å². The quantitative estimate of drug-likeness (QED) is 0.770. The van der Waals surface area contributed by atoms with Crippen LogP contribution in [0.3, 0.4) is 0 Å². The van der Waals surface area contributed by atoms with Crippen LogP contribution in [0.15, 0.2) is 18.2 Å². The van der Waals surface area contributed by atoms with Gasteiger partial charge in [-0.15, -0.1) is 0 Å². The Balaban J connectivity index is 2.76. The fourth-order valence-corrected chi connectivity index (χ4v) is 1.45. The van der Waals surface area contributed by atoms with E-state index in [-0.39, 0.29) is 35.8 Å². The highest BCUT2D eigenvalue weighted by atomic mass is 35.5. The SMILES string of the molecule is C[C@H](NC(=O)c1ccc(Cl)cc1O)[C@@H](C)CO. The fraction of sp³-hybridized carbons (Fsp3) is 0.417. The van der Waals surface area contributed by atoms with Gasteiger partial charge in [0.25, 0.3) is 5.91 Å². The van der Waals surface area contributed by atoms with Crippen molar-refractivity contribution in [2.75, 3.05) is 6.61 Å². The first-order valence-electron chi connectivity index (χ1n) is 5.36. The van der Waals surface area contributed by atoms with Crippen LogP contribution in [-0.4, -0.2) is 28.8 Å². The highest BCUT2D eigenvalue weighted by Crippen LogP contribution is 2.21. The van der Waals surface area contributed by atoms with Crippen LogP contribution in [-0.2, 0) is 0 Å². The molecule has 5 heteroatoms. The number of carbonyl (C=O) groups is 1. The zero-order valence-electron chi connectivity index (χ0n) is 9.77. The third-order valence-electron chi connectivity index (χ3n) is 2.70. The molecule has 1 aromatic rings. The van der Waals surface area contributed by atoms with Gasteiger partial charge in [-0.2, -0.15) is 0 Å². The minimum Gasteiger partial charge on any atom is -0.507 e. The van der Waals surface area contributed by atoms with Crippen molar-refractivity contribution < 1.29 is 15.0 Å². The summed E-state index contributed by atoms with van der Waals surface area (Å²) in [5, 5.41) is 21.6. The maximum absolute atomic E-state index is 11.8. The van der Waals surface area contributed by atoms with Gasteiger partial charge in [-0.3, -0.25) is 4.79 Å². The summed E-state index contributed by atoms with van der Waals surface area (Å²) in [6.07, 6.45) is 0. The molecule has 0 aliphatic carbocycles. The number of aliphatic hydroxyl groups is 1. The van der Waals surface area contributed by atoms with Crippen LogP contribution >= 0.6 is 11.6 Å². The number of hydrogen-bond donors (Lipinski definition) is 3. The number of hydrogen-bond acceptors (Lipinski definition) is 3. The number of benzene rings is 1. The number of carbonyl (C=O) groups excluding carboxylic acids is 1. The van der Waals surface area contributed by atoms with Crippen molar-refractivity contribution in [2.45, 2.75) is 19.9 Å². The molecule has 3 N–H and O–H groups in total. The molecule has 0 aliphatic rings. The zero-order valence-corrected chi connectivity index (χ0v) is 10.5. The summed E-state index contributed by atoms with van der Waals surface area (Å²) >= 11 is 5.68. The Labute approximate surface area is 105 Å². The molecule has 2 atom stereocenters. The summed E-state index contributed by atoms with van der Waals surface area (Å²) < 4.78 is 0. The van der Waals surface area contributed by atoms with E-state index in [0.29, 0.717) is 5.02 Å². The monoisotopic (exact) mass is 257 g/mol. The fourth-order valence-electron chi connectivity index (χ4n) is 1.28. The Kier molecular flexibility index (Phi) is 4.78. The van der Waals surface area contributed by atoms with Gasteiger partial charge in [0.05, 0.1) is 5.56 Å². The van der Waals surface area contributed by atoms with E-state index in [1.165, 1.54) is 18.2 Å². The number of amides is 1. The first-order valence-corrected chi connectivity index (χ1v) is 5.73. The lowest BCUT2D eigenvalue weighted by Crippen LogP contribution is -2.38. The average Bonchev–Trinajstić information content (AvgIpc) is 2.27. The lowest BCUT2D eigenvalue weighted by molar-refractivity contribution is 0.0913. The summed E-state index contributed by atoms with van der Waals surface area (Å²) in [4.78, 5) is 11.8. The second-order valence-corrected chi connectivity index (χ2v) is 4.52. The molecule has 17 heavy (non-hydrogen) atoms. The van der Waals surface area contributed by atoms with E-state index in [9.17, 15) is 9.90 Å². The third kappa shape index (κ3) is 3.61. The normalized spacial score (nSPS) is 14.1. The molecule has 1 rings (SSSR count). The summed E-state index contributed by atoms with van der Waals surface area (Å²) in [7, 11) is 0. The van der Waals surface area contributed by atoms with Crippen molar-refractivity contribution in [1.82, 2.24) is 5.32 Å². The van der Waals surface area contributed by atoms with Crippen LogP contribution in [0.5, 0.6) is 5.75 Å². The van der Waals surface area contributed by atoms with E-state index in [1.807, 2.05) is 6.92 Å². The molecule has 1 aromatic carbocycles.